The van der Waals surface area contributed by atoms with Gasteiger partial charge in [-0.05, 0) is 94.7 Å². The van der Waals surface area contributed by atoms with Gasteiger partial charge in [0, 0.05) is 61.0 Å². The highest BCUT2D eigenvalue weighted by Gasteiger charge is 2.53. The predicted molar refractivity (Wildman–Crippen MR) is 186 cm³/mol. The van der Waals surface area contributed by atoms with Crippen molar-refractivity contribution >= 4 is 23.8 Å². The second kappa shape index (κ2) is 13.5. The van der Waals surface area contributed by atoms with Crippen molar-refractivity contribution in [1.29, 1.82) is 0 Å². The number of carbonyl (C=O) groups excluding carboxylic acids is 4. The van der Waals surface area contributed by atoms with Gasteiger partial charge in [-0.25, -0.2) is 4.79 Å². The van der Waals surface area contributed by atoms with Crippen LogP contribution < -0.4 is 14.8 Å². The normalized spacial score (nSPS) is 18.8. The van der Waals surface area contributed by atoms with Gasteiger partial charge in [-0.1, -0.05) is 31.5 Å². The van der Waals surface area contributed by atoms with Crippen molar-refractivity contribution in [3.63, 3.8) is 0 Å². The van der Waals surface area contributed by atoms with Gasteiger partial charge in [0.05, 0.1) is 11.0 Å². The number of hydrogen-bond donors (Lipinski definition) is 2. The minimum atomic E-state index is -1.32. The molecule has 1 unspecified atom stereocenters. The van der Waals surface area contributed by atoms with Crippen LogP contribution in [0.5, 0.6) is 17.2 Å². The summed E-state index contributed by atoms with van der Waals surface area (Å²) in [4.78, 5) is 53.9. The number of carbonyl (C=O) groups is 4. The maximum atomic E-state index is 13.6. The van der Waals surface area contributed by atoms with E-state index in [0.29, 0.717) is 65.6 Å². The molecular weight excluding hydrogens is 636 g/mol. The Bertz CT molecular complexity index is 1840. The van der Waals surface area contributed by atoms with E-state index in [0.717, 1.165) is 37.7 Å². The van der Waals surface area contributed by atoms with E-state index in [1.165, 1.54) is 0 Å². The van der Waals surface area contributed by atoms with Gasteiger partial charge >= 0.3 is 11.9 Å². The maximum absolute atomic E-state index is 13.6. The fraction of sp³-hybridized carbons (Fsp3) is 0.450. The van der Waals surface area contributed by atoms with Gasteiger partial charge in [-0.3, -0.25) is 14.4 Å². The van der Waals surface area contributed by atoms with Gasteiger partial charge in [-0.2, -0.15) is 0 Å². The van der Waals surface area contributed by atoms with E-state index in [9.17, 15) is 24.3 Å². The number of unbranched alkanes of at least 4 members (excludes halogenated alkanes) is 2. The Morgan fingerprint density at radius 2 is 1.60 bits per heavy atom. The molecule has 3 aromatic carbocycles. The molecule has 1 atom stereocenters. The second-order valence-electron chi connectivity index (χ2n) is 15.1. The van der Waals surface area contributed by atoms with Gasteiger partial charge in [0.25, 0.3) is 5.91 Å². The summed E-state index contributed by atoms with van der Waals surface area (Å²) < 4.78 is 18.2. The molecule has 3 aliphatic rings. The number of amides is 2. The molecule has 264 valence electrons. The van der Waals surface area contributed by atoms with Crippen LogP contribution in [0.1, 0.15) is 109 Å². The first-order valence-corrected chi connectivity index (χ1v) is 17.4. The molecule has 0 aliphatic carbocycles. The third kappa shape index (κ3) is 6.73. The zero-order chi connectivity index (χ0) is 35.8. The molecule has 10 heteroatoms. The van der Waals surface area contributed by atoms with Crippen LogP contribution >= 0.6 is 0 Å². The van der Waals surface area contributed by atoms with Crippen molar-refractivity contribution in [2.24, 2.45) is 10.8 Å². The summed E-state index contributed by atoms with van der Waals surface area (Å²) in [5.41, 5.74) is 1.29. The van der Waals surface area contributed by atoms with Crippen molar-refractivity contribution in [3.8, 4) is 17.2 Å². The summed E-state index contributed by atoms with van der Waals surface area (Å²) in [5.74, 6) is 0.118. The quantitative estimate of drug-likeness (QED) is 0.150. The van der Waals surface area contributed by atoms with Crippen LogP contribution in [0.15, 0.2) is 54.6 Å². The smallest absolute Gasteiger partial charge is 0.340 e. The Morgan fingerprint density at radius 3 is 2.30 bits per heavy atom. The number of nitrogens with one attached hydrogen (secondary N) is 1. The molecule has 50 heavy (non-hydrogen) atoms. The summed E-state index contributed by atoms with van der Waals surface area (Å²) >= 11 is 0. The van der Waals surface area contributed by atoms with Crippen LogP contribution in [0.3, 0.4) is 0 Å². The lowest BCUT2D eigenvalue weighted by Gasteiger charge is -2.38. The van der Waals surface area contributed by atoms with Gasteiger partial charge in [0.2, 0.25) is 5.91 Å². The number of piperidine rings is 1. The zero-order valence-electron chi connectivity index (χ0n) is 29.5. The Kier molecular flexibility index (Phi) is 9.52. The van der Waals surface area contributed by atoms with E-state index in [2.05, 4.69) is 12.2 Å². The summed E-state index contributed by atoms with van der Waals surface area (Å²) in [5, 5.41) is 12.5. The van der Waals surface area contributed by atoms with Crippen LogP contribution in [-0.4, -0.2) is 60.0 Å². The van der Waals surface area contributed by atoms with Crippen LogP contribution in [0.25, 0.3) is 0 Å². The number of likely N-dealkylation sites (tertiary alicyclic amines) is 1. The molecule has 1 fully saturated rings. The van der Waals surface area contributed by atoms with Gasteiger partial charge in [0.1, 0.15) is 17.2 Å². The zero-order valence-corrected chi connectivity index (χ0v) is 29.5. The Balaban J connectivity index is 1.13. The Hall–Kier alpha value is -4.70. The number of fused-ring (bicyclic) bond motifs is 6. The number of benzene rings is 3. The lowest BCUT2D eigenvalue weighted by molar-refractivity contribution is -0.143. The first-order chi connectivity index (χ1) is 23.7. The standard InChI is InChI=1S/C40H46N2O8/c1-25-10-13-30-32(21-25)49-33-23-27(48-37(47)38(2,3)4)12-15-31(33)40(30)29-14-11-26(22-28(29)36(46)50-40)35(45)41-18-8-6-7-9-34(44)42-19-16-39(5,24-43)17-20-42/h10-15,21-23,43H,6-9,16-20,24H2,1-5H3,(H,41,45). The van der Waals surface area contributed by atoms with Gasteiger partial charge in [0.15, 0.2) is 5.60 Å². The molecule has 0 bridgehead atoms. The maximum Gasteiger partial charge on any atom is 0.340 e. The number of aryl methyl sites for hydroxylation is 1. The molecule has 1 spiro atoms. The molecule has 1 saturated heterocycles. The summed E-state index contributed by atoms with van der Waals surface area (Å²) in [6, 6.07) is 15.8. The van der Waals surface area contributed by atoms with E-state index in [1.807, 2.05) is 30.0 Å². The molecule has 0 radical (unpaired) electrons. The SMILES string of the molecule is Cc1ccc2c(c1)Oc1cc(OC(=O)C(C)(C)C)ccc1C21OC(=O)c2cc(C(=O)NCCCCCC(=O)N3CCC(C)(CO)CC3)ccc21. The number of ether oxygens (including phenoxy) is 3. The molecule has 3 heterocycles. The van der Waals surface area contributed by atoms with E-state index in [4.69, 9.17) is 14.2 Å². The lowest BCUT2D eigenvalue weighted by Crippen LogP contribution is -2.43. The van der Waals surface area contributed by atoms with E-state index in [1.54, 1.807) is 57.2 Å². The van der Waals surface area contributed by atoms with Crippen molar-refractivity contribution < 1.29 is 38.5 Å². The molecule has 2 amide bonds. The van der Waals surface area contributed by atoms with Gasteiger partial charge in [-0.15, -0.1) is 0 Å². The molecule has 3 aromatic rings. The number of nitrogens with zero attached hydrogens (tertiary/aromatic N) is 1. The molecular formula is C40H46N2O8. The Labute approximate surface area is 293 Å². The number of hydrogen-bond acceptors (Lipinski definition) is 8. The third-order valence-corrected chi connectivity index (χ3v) is 10.1. The fourth-order valence-electron chi connectivity index (χ4n) is 6.77. The number of rotatable bonds is 9. The lowest BCUT2D eigenvalue weighted by atomic mass is 9.77. The highest BCUT2D eigenvalue weighted by molar-refractivity contribution is 6.01. The predicted octanol–water partition coefficient (Wildman–Crippen LogP) is 6.43. The molecule has 3 aliphatic heterocycles. The largest absolute Gasteiger partial charge is 0.456 e. The second-order valence-corrected chi connectivity index (χ2v) is 15.1. The average Bonchev–Trinajstić information content (AvgIpc) is 3.37. The van der Waals surface area contributed by atoms with Crippen LogP contribution in [0.2, 0.25) is 0 Å². The van der Waals surface area contributed by atoms with Crippen molar-refractivity contribution in [3.05, 3.63) is 88.0 Å². The monoisotopic (exact) mass is 682 g/mol. The minimum absolute atomic E-state index is 0.0912. The third-order valence-electron chi connectivity index (χ3n) is 10.1. The fourth-order valence-corrected chi connectivity index (χ4v) is 6.77. The molecule has 2 N–H and O–H groups in total. The van der Waals surface area contributed by atoms with Crippen LogP contribution in [0, 0.1) is 17.8 Å². The number of aliphatic hydroxyl groups excluding tert-OH is 1. The van der Waals surface area contributed by atoms with Crippen molar-refractivity contribution in [1.82, 2.24) is 10.2 Å². The molecule has 0 saturated carbocycles. The van der Waals surface area contributed by atoms with Crippen molar-refractivity contribution in [2.45, 2.75) is 78.7 Å². The summed E-state index contributed by atoms with van der Waals surface area (Å²) in [6.07, 6.45) is 4.35. The van der Waals surface area contributed by atoms with E-state index >= 15 is 0 Å². The molecule has 0 aromatic heterocycles. The number of esters is 2. The highest BCUT2D eigenvalue weighted by Crippen LogP contribution is 2.56. The summed E-state index contributed by atoms with van der Waals surface area (Å²) in [6.45, 7) is 11.3. The number of aliphatic hydroxyl groups is 1. The average molecular weight is 683 g/mol. The van der Waals surface area contributed by atoms with E-state index < -0.39 is 23.0 Å². The molecule has 10 nitrogen and oxygen atoms in total. The first-order valence-electron chi connectivity index (χ1n) is 17.4. The topological polar surface area (TPSA) is 131 Å². The Morgan fingerprint density at radius 1 is 0.920 bits per heavy atom. The van der Waals surface area contributed by atoms with Gasteiger partial charge < -0.3 is 29.5 Å². The van der Waals surface area contributed by atoms with Crippen molar-refractivity contribution in [2.75, 3.05) is 26.2 Å². The van der Waals surface area contributed by atoms with E-state index in [-0.39, 0.29) is 29.4 Å². The minimum Gasteiger partial charge on any atom is -0.456 e. The van der Waals surface area contributed by atoms with Crippen LogP contribution in [0.4, 0.5) is 0 Å². The summed E-state index contributed by atoms with van der Waals surface area (Å²) in [7, 11) is 0. The molecule has 6 rings (SSSR count). The van der Waals surface area contributed by atoms with Crippen LogP contribution in [-0.2, 0) is 19.9 Å². The first kappa shape index (κ1) is 35.1. The highest BCUT2D eigenvalue weighted by atomic mass is 16.6.